The second kappa shape index (κ2) is 7.16. The summed E-state index contributed by atoms with van der Waals surface area (Å²) in [6, 6.07) is 6.83. The van der Waals surface area contributed by atoms with Gasteiger partial charge in [0.15, 0.2) is 5.78 Å². The van der Waals surface area contributed by atoms with Crippen molar-refractivity contribution in [3.05, 3.63) is 53.7 Å². The summed E-state index contributed by atoms with van der Waals surface area (Å²) in [5.41, 5.74) is 1.33. The molecule has 0 heterocycles. The third-order valence-electron chi connectivity index (χ3n) is 2.31. The van der Waals surface area contributed by atoms with Crippen molar-refractivity contribution in [2.24, 2.45) is 0 Å². The molecule has 0 spiro atoms. The van der Waals surface area contributed by atoms with Gasteiger partial charge >= 0.3 is 5.97 Å². The molecule has 19 heavy (non-hydrogen) atoms. The molecule has 0 bridgehead atoms. The molecule has 0 aliphatic rings. The van der Waals surface area contributed by atoms with Crippen LogP contribution >= 0.6 is 0 Å². The minimum Gasteiger partial charge on any atom is -0.465 e. The van der Waals surface area contributed by atoms with E-state index in [1.807, 2.05) is 14.1 Å². The number of hydrogen-bond acceptors (Lipinski definition) is 4. The first-order valence-electron chi connectivity index (χ1n) is 5.78. The average molecular weight is 259 g/mol. The molecule has 0 saturated carbocycles. The highest BCUT2D eigenvalue weighted by molar-refractivity contribution is 6.02. The Kier molecular flexibility index (Phi) is 5.54. The molecular formula is C15H17NO3. The molecule has 4 nitrogen and oxygen atoms in total. The number of ether oxygens (including phenoxy) is 1. The van der Waals surface area contributed by atoms with Crippen LogP contribution in [-0.4, -0.2) is 37.9 Å². The number of esters is 1. The normalized spacial score (nSPS) is 10.9. The number of nitrogens with zero attached hydrogens (tertiary/aromatic N) is 1. The molecule has 0 amide bonds. The largest absolute Gasteiger partial charge is 0.465 e. The van der Waals surface area contributed by atoms with Crippen LogP contribution in [0.25, 0.3) is 6.08 Å². The van der Waals surface area contributed by atoms with Crippen molar-refractivity contribution in [3.63, 3.8) is 0 Å². The van der Waals surface area contributed by atoms with Crippen LogP contribution in [0.1, 0.15) is 15.9 Å². The number of ketones is 1. The molecule has 0 atom stereocenters. The maximum Gasteiger partial charge on any atom is 0.337 e. The lowest BCUT2D eigenvalue weighted by Crippen LogP contribution is -2.01. The van der Waals surface area contributed by atoms with E-state index in [-0.39, 0.29) is 11.8 Å². The molecule has 1 aromatic rings. The summed E-state index contributed by atoms with van der Waals surface area (Å²) < 4.78 is 4.60. The molecule has 0 N–H and O–H groups in total. The summed E-state index contributed by atoms with van der Waals surface area (Å²) in [7, 11) is 5.03. The summed E-state index contributed by atoms with van der Waals surface area (Å²) in [4.78, 5) is 24.5. The van der Waals surface area contributed by atoms with Crippen LogP contribution in [0.4, 0.5) is 0 Å². The third kappa shape index (κ3) is 5.21. The van der Waals surface area contributed by atoms with E-state index in [9.17, 15) is 9.59 Å². The Morgan fingerprint density at radius 2 is 1.74 bits per heavy atom. The molecule has 4 heteroatoms. The van der Waals surface area contributed by atoms with Gasteiger partial charge in [0.1, 0.15) is 0 Å². The lowest BCUT2D eigenvalue weighted by atomic mass is 10.1. The van der Waals surface area contributed by atoms with Gasteiger partial charge < -0.3 is 9.64 Å². The van der Waals surface area contributed by atoms with Crippen molar-refractivity contribution in [1.82, 2.24) is 4.90 Å². The summed E-state index contributed by atoms with van der Waals surface area (Å²) in [5, 5.41) is 0. The Labute approximate surface area is 113 Å². The third-order valence-corrected chi connectivity index (χ3v) is 2.31. The highest BCUT2D eigenvalue weighted by Crippen LogP contribution is 2.07. The van der Waals surface area contributed by atoms with Crippen LogP contribution in [0.3, 0.4) is 0 Å². The van der Waals surface area contributed by atoms with E-state index in [2.05, 4.69) is 4.74 Å². The van der Waals surface area contributed by atoms with E-state index in [1.54, 1.807) is 41.4 Å². The van der Waals surface area contributed by atoms with Crippen LogP contribution in [0.15, 0.2) is 42.6 Å². The van der Waals surface area contributed by atoms with Crippen LogP contribution in [-0.2, 0) is 9.53 Å². The fourth-order valence-electron chi connectivity index (χ4n) is 1.30. The summed E-state index contributed by atoms with van der Waals surface area (Å²) in [5.74, 6) is -0.466. The number of carbonyl (C=O) groups is 2. The monoisotopic (exact) mass is 259 g/mol. The highest BCUT2D eigenvalue weighted by atomic mass is 16.5. The highest BCUT2D eigenvalue weighted by Gasteiger charge is 2.03. The SMILES string of the molecule is COC(=O)c1ccc(/C=C/C(=O)/C=C/N(C)C)cc1. The first-order valence-corrected chi connectivity index (χ1v) is 5.78. The van der Waals surface area contributed by atoms with E-state index in [0.717, 1.165) is 5.56 Å². The van der Waals surface area contributed by atoms with Crippen LogP contribution in [0.2, 0.25) is 0 Å². The Morgan fingerprint density at radius 3 is 2.26 bits per heavy atom. The molecule has 0 saturated heterocycles. The van der Waals surface area contributed by atoms with Crippen molar-refractivity contribution in [3.8, 4) is 0 Å². The van der Waals surface area contributed by atoms with E-state index < -0.39 is 0 Å². The predicted octanol–water partition coefficient (Wildman–Crippen LogP) is 2.13. The van der Waals surface area contributed by atoms with Gasteiger partial charge in [-0.25, -0.2) is 4.79 Å². The van der Waals surface area contributed by atoms with Gasteiger partial charge in [-0.05, 0) is 23.8 Å². The lowest BCUT2D eigenvalue weighted by Gasteiger charge is -2.01. The van der Waals surface area contributed by atoms with E-state index in [1.165, 1.54) is 19.3 Å². The molecule has 0 unspecified atom stereocenters. The number of benzene rings is 1. The van der Waals surface area contributed by atoms with Gasteiger partial charge in [-0.1, -0.05) is 18.2 Å². The predicted molar refractivity (Wildman–Crippen MR) is 74.6 cm³/mol. The molecule has 0 aliphatic carbocycles. The maximum absolute atomic E-state index is 11.5. The maximum atomic E-state index is 11.5. The average Bonchev–Trinajstić information content (AvgIpc) is 2.42. The zero-order chi connectivity index (χ0) is 14.3. The second-order valence-corrected chi connectivity index (χ2v) is 4.13. The minimum absolute atomic E-state index is 0.0919. The Morgan fingerprint density at radius 1 is 1.11 bits per heavy atom. The van der Waals surface area contributed by atoms with Gasteiger partial charge in [-0.15, -0.1) is 0 Å². The van der Waals surface area contributed by atoms with Gasteiger partial charge in [0.2, 0.25) is 0 Å². The van der Waals surface area contributed by atoms with Gasteiger partial charge in [0.25, 0.3) is 0 Å². The fourth-order valence-corrected chi connectivity index (χ4v) is 1.30. The number of hydrogen-bond donors (Lipinski definition) is 0. The van der Waals surface area contributed by atoms with Crippen molar-refractivity contribution >= 4 is 17.8 Å². The van der Waals surface area contributed by atoms with Gasteiger partial charge in [0.05, 0.1) is 12.7 Å². The minimum atomic E-state index is -0.375. The fraction of sp³-hybridized carbons (Fsp3) is 0.200. The Balaban J connectivity index is 2.67. The smallest absolute Gasteiger partial charge is 0.337 e. The molecular weight excluding hydrogens is 242 g/mol. The lowest BCUT2D eigenvalue weighted by molar-refractivity contribution is -0.110. The standard InChI is InChI=1S/C15H17NO3/c1-16(2)11-10-14(17)9-6-12-4-7-13(8-5-12)15(18)19-3/h4-11H,1-3H3/b9-6+,11-10+. The van der Waals surface area contributed by atoms with E-state index in [0.29, 0.717) is 5.56 Å². The number of methoxy groups -OCH3 is 1. The molecule has 1 rings (SSSR count). The van der Waals surface area contributed by atoms with Crippen molar-refractivity contribution in [1.29, 1.82) is 0 Å². The molecule has 1 aromatic carbocycles. The summed E-state index contributed by atoms with van der Waals surface area (Å²) in [6.45, 7) is 0. The quantitative estimate of drug-likeness (QED) is 0.600. The van der Waals surface area contributed by atoms with Crippen LogP contribution in [0.5, 0.6) is 0 Å². The topological polar surface area (TPSA) is 46.6 Å². The Bertz CT molecular complexity index is 499. The van der Waals surface area contributed by atoms with Crippen molar-refractivity contribution < 1.29 is 14.3 Å². The Hall–Kier alpha value is -2.36. The summed E-state index contributed by atoms with van der Waals surface area (Å²) in [6.07, 6.45) is 6.35. The second-order valence-electron chi connectivity index (χ2n) is 4.13. The first kappa shape index (κ1) is 14.7. The van der Waals surface area contributed by atoms with Crippen molar-refractivity contribution in [2.75, 3.05) is 21.2 Å². The molecule has 100 valence electrons. The van der Waals surface area contributed by atoms with Crippen LogP contribution in [0, 0.1) is 0 Å². The van der Waals surface area contributed by atoms with Gasteiger partial charge in [-0.3, -0.25) is 4.79 Å². The van der Waals surface area contributed by atoms with Gasteiger partial charge in [0, 0.05) is 26.4 Å². The molecule has 0 aromatic heterocycles. The molecule has 0 aliphatic heterocycles. The number of rotatable bonds is 5. The zero-order valence-electron chi connectivity index (χ0n) is 11.3. The number of carbonyl (C=O) groups excluding carboxylic acids is 2. The van der Waals surface area contributed by atoms with E-state index in [4.69, 9.17) is 0 Å². The first-order chi connectivity index (χ1) is 9.02. The van der Waals surface area contributed by atoms with Crippen LogP contribution < -0.4 is 0 Å². The molecule has 0 radical (unpaired) electrons. The van der Waals surface area contributed by atoms with E-state index >= 15 is 0 Å². The summed E-state index contributed by atoms with van der Waals surface area (Å²) >= 11 is 0. The number of allylic oxidation sites excluding steroid dienone is 2. The molecule has 0 fully saturated rings. The van der Waals surface area contributed by atoms with Gasteiger partial charge in [-0.2, -0.15) is 0 Å². The van der Waals surface area contributed by atoms with Crippen molar-refractivity contribution in [2.45, 2.75) is 0 Å². The zero-order valence-corrected chi connectivity index (χ0v) is 11.3.